The predicted molar refractivity (Wildman–Crippen MR) is 102 cm³/mol. The van der Waals surface area contributed by atoms with E-state index in [1.54, 1.807) is 19.2 Å². The molecule has 3 aromatic rings. The van der Waals surface area contributed by atoms with Crippen molar-refractivity contribution in [3.8, 4) is 22.8 Å². The van der Waals surface area contributed by atoms with E-state index in [0.717, 1.165) is 21.5 Å². The maximum Gasteiger partial charge on any atom is 0.264 e. The van der Waals surface area contributed by atoms with Gasteiger partial charge in [0.25, 0.3) is 5.91 Å². The Morgan fingerprint density at radius 1 is 1.20 bits per heavy atom. The van der Waals surface area contributed by atoms with E-state index in [9.17, 15) is 4.79 Å². The van der Waals surface area contributed by atoms with Gasteiger partial charge in [-0.3, -0.25) is 10.1 Å². The first-order valence-electron chi connectivity index (χ1n) is 7.42. The summed E-state index contributed by atoms with van der Waals surface area (Å²) in [6.07, 6.45) is 0. The molecule has 0 atom stereocenters. The van der Waals surface area contributed by atoms with E-state index in [1.165, 1.54) is 11.3 Å². The number of methoxy groups -OCH3 is 1. The van der Waals surface area contributed by atoms with Crippen LogP contribution in [-0.2, 0) is 4.79 Å². The molecule has 128 valence electrons. The number of benzene rings is 2. The third kappa shape index (κ3) is 4.80. The molecule has 0 unspecified atom stereocenters. The van der Waals surface area contributed by atoms with E-state index in [-0.39, 0.29) is 12.5 Å². The van der Waals surface area contributed by atoms with Gasteiger partial charge in [0.1, 0.15) is 11.5 Å². The summed E-state index contributed by atoms with van der Waals surface area (Å²) < 4.78 is 11.6. The highest BCUT2D eigenvalue weighted by molar-refractivity contribution is 9.10. The van der Waals surface area contributed by atoms with Gasteiger partial charge in [-0.05, 0) is 30.3 Å². The second-order valence-corrected chi connectivity index (χ2v) is 6.84. The summed E-state index contributed by atoms with van der Waals surface area (Å²) in [6.45, 7) is -0.0788. The molecule has 3 rings (SSSR count). The number of nitrogens with zero attached hydrogens (tertiary/aromatic N) is 1. The Morgan fingerprint density at radius 2 is 2.00 bits per heavy atom. The van der Waals surface area contributed by atoms with Gasteiger partial charge in [-0.2, -0.15) is 0 Å². The number of nitrogens with one attached hydrogen (secondary N) is 1. The van der Waals surface area contributed by atoms with Crippen LogP contribution in [0.5, 0.6) is 11.5 Å². The van der Waals surface area contributed by atoms with E-state index in [4.69, 9.17) is 9.47 Å². The van der Waals surface area contributed by atoms with Crippen LogP contribution >= 0.6 is 27.3 Å². The van der Waals surface area contributed by atoms with Crippen molar-refractivity contribution >= 4 is 38.3 Å². The molecule has 0 spiro atoms. The Morgan fingerprint density at radius 3 is 2.80 bits per heavy atom. The average molecular weight is 419 g/mol. The third-order valence-electron chi connectivity index (χ3n) is 3.28. The van der Waals surface area contributed by atoms with Crippen LogP contribution in [0.1, 0.15) is 0 Å². The van der Waals surface area contributed by atoms with Gasteiger partial charge in [-0.25, -0.2) is 4.98 Å². The maximum atomic E-state index is 12.0. The lowest BCUT2D eigenvalue weighted by Gasteiger charge is -2.06. The van der Waals surface area contributed by atoms with Gasteiger partial charge < -0.3 is 9.47 Å². The molecule has 7 heteroatoms. The van der Waals surface area contributed by atoms with Gasteiger partial charge >= 0.3 is 0 Å². The molecule has 1 amide bonds. The number of ether oxygens (including phenoxy) is 2. The normalized spacial score (nSPS) is 10.3. The van der Waals surface area contributed by atoms with Crippen LogP contribution in [0.3, 0.4) is 0 Å². The first-order chi connectivity index (χ1) is 12.1. The van der Waals surface area contributed by atoms with Gasteiger partial charge in [0.05, 0.1) is 12.8 Å². The number of thiazole rings is 1. The van der Waals surface area contributed by atoms with Crippen molar-refractivity contribution < 1.29 is 14.3 Å². The summed E-state index contributed by atoms with van der Waals surface area (Å²) in [7, 11) is 1.62. The zero-order valence-corrected chi connectivity index (χ0v) is 15.8. The summed E-state index contributed by atoms with van der Waals surface area (Å²) in [5, 5.41) is 5.16. The lowest BCUT2D eigenvalue weighted by atomic mass is 10.2. The summed E-state index contributed by atoms with van der Waals surface area (Å²) in [5.41, 5.74) is 1.72. The molecule has 5 nitrogen and oxygen atoms in total. The van der Waals surface area contributed by atoms with Crippen molar-refractivity contribution in [2.45, 2.75) is 0 Å². The lowest BCUT2D eigenvalue weighted by Crippen LogP contribution is -2.20. The molecule has 0 saturated heterocycles. The SMILES string of the molecule is COc1cccc(-c2csc(NC(=O)COc3cccc(Br)c3)n2)c1. The molecule has 1 heterocycles. The predicted octanol–water partition coefficient (Wildman–Crippen LogP) is 4.60. The number of hydrogen-bond donors (Lipinski definition) is 1. The van der Waals surface area contributed by atoms with Gasteiger partial charge in [-0.15, -0.1) is 11.3 Å². The zero-order chi connectivity index (χ0) is 17.6. The lowest BCUT2D eigenvalue weighted by molar-refractivity contribution is -0.118. The Balaban J connectivity index is 1.60. The average Bonchev–Trinajstić information content (AvgIpc) is 3.08. The fraction of sp³-hybridized carbons (Fsp3) is 0.111. The Labute approximate surface area is 157 Å². The number of hydrogen-bond acceptors (Lipinski definition) is 5. The molecular weight excluding hydrogens is 404 g/mol. The Hall–Kier alpha value is -2.38. The molecule has 0 radical (unpaired) electrons. The minimum absolute atomic E-state index is 0.0788. The highest BCUT2D eigenvalue weighted by Gasteiger charge is 2.09. The molecule has 0 aliphatic heterocycles. The van der Waals surface area contributed by atoms with Gasteiger partial charge in [0.15, 0.2) is 11.7 Å². The molecule has 1 N–H and O–H groups in total. The van der Waals surface area contributed by atoms with Crippen LogP contribution in [0.4, 0.5) is 5.13 Å². The van der Waals surface area contributed by atoms with Gasteiger partial charge in [0.2, 0.25) is 0 Å². The zero-order valence-electron chi connectivity index (χ0n) is 13.4. The minimum Gasteiger partial charge on any atom is -0.497 e. The third-order valence-corrected chi connectivity index (χ3v) is 4.53. The maximum absolute atomic E-state index is 12.0. The standard InChI is InChI=1S/C18H15BrN2O3S/c1-23-14-6-2-4-12(8-14)16-11-25-18(20-16)21-17(22)10-24-15-7-3-5-13(19)9-15/h2-9,11H,10H2,1H3,(H,20,21,22). The van der Waals surface area contributed by atoms with Crippen molar-refractivity contribution in [3.63, 3.8) is 0 Å². The van der Waals surface area contributed by atoms with E-state index in [0.29, 0.717) is 10.9 Å². The minimum atomic E-state index is -0.258. The smallest absolute Gasteiger partial charge is 0.264 e. The molecular formula is C18H15BrN2O3S. The Kier molecular flexibility index (Phi) is 5.67. The first kappa shape index (κ1) is 17.4. The van der Waals surface area contributed by atoms with Crippen LogP contribution in [0.15, 0.2) is 58.4 Å². The number of carbonyl (C=O) groups excluding carboxylic acids is 1. The van der Waals surface area contributed by atoms with Crippen molar-refractivity contribution in [1.82, 2.24) is 4.98 Å². The van der Waals surface area contributed by atoms with Crippen molar-refractivity contribution in [2.75, 3.05) is 19.0 Å². The number of carbonyl (C=O) groups is 1. The van der Waals surface area contributed by atoms with Crippen LogP contribution in [0.25, 0.3) is 11.3 Å². The fourth-order valence-electron chi connectivity index (χ4n) is 2.11. The fourth-order valence-corrected chi connectivity index (χ4v) is 3.22. The van der Waals surface area contributed by atoms with Crippen LogP contribution < -0.4 is 14.8 Å². The molecule has 0 bridgehead atoms. The number of anilines is 1. The summed E-state index contributed by atoms with van der Waals surface area (Å²) >= 11 is 4.72. The molecule has 1 aromatic heterocycles. The van der Waals surface area contributed by atoms with Gasteiger partial charge in [-0.1, -0.05) is 34.1 Å². The van der Waals surface area contributed by atoms with E-state index in [1.807, 2.05) is 41.8 Å². The molecule has 0 aliphatic carbocycles. The monoisotopic (exact) mass is 418 g/mol. The van der Waals surface area contributed by atoms with Crippen LogP contribution in [-0.4, -0.2) is 24.6 Å². The van der Waals surface area contributed by atoms with E-state index >= 15 is 0 Å². The highest BCUT2D eigenvalue weighted by Crippen LogP contribution is 2.27. The van der Waals surface area contributed by atoms with Crippen molar-refractivity contribution in [3.05, 3.63) is 58.4 Å². The number of rotatable bonds is 6. The highest BCUT2D eigenvalue weighted by atomic mass is 79.9. The molecule has 0 saturated carbocycles. The summed E-state index contributed by atoms with van der Waals surface area (Å²) in [5.74, 6) is 1.13. The van der Waals surface area contributed by atoms with Crippen LogP contribution in [0, 0.1) is 0 Å². The second-order valence-electron chi connectivity index (χ2n) is 5.06. The first-order valence-corrected chi connectivity index (χ1v) is 9.09. The molecule has 2 aromatic carbocycles. The van der Waals surface area contributed by atoms with Crippen LogP contribution in [0.2, 0.25) is 0 Å². The quantitative estimate of drug-likeness (QED) is 0.635. The van der Waals surface area contributed by atoms with E-state index < -0.39 is 0 Å². The number of amides is 1. The van der Waals surface area contributed by atoms with Crippen molar-refractivity contribution in [1.29, 1.82) is 0 Å². The largest absolute Gasteiger partial charge is 0.497 e. The molecule has 25 heavy (non-hydrogen) atoms. The Bertz CT molecular complexity index is 882. The molecule has 0 aliphatic rings. The number of aromatic nitrogens is 1. The van der Waals surface area contributed by atoms with Gasteiger partial charge in [0, 0.05) is 15.4 Å². The number of halogens is 1. The topological polar surface area (TPSA) is 60.5 Å². The summed E-state index contributed by atoms with van der Waals surface area (Å²) in [6, 6.07) is 15.0. The van der Waals surface area contributed by atoms with Crippen molar-refractivity contribution in [2.24, 2.45) is 0 Å². The summed E-state index contributed by atoms with van der Waals surface area (Å²) in [4.78, 5) is 16.4. The second kappa shape index (κ2) is 8.13. The molecule has 0 fully saturated rings. The van der Waals surface area contributed by atoms with E-state index in [2.05, 4.69) is 26.2 Å².